The van der Waals surface area contributed by atoms with Gasteiger partial charge < -0.3 is 13.9 Å². The Labute approximate surface area is 322 Å². The van der Waals surface area contributed by atoms with Crippen LogP contribution in [-0.4, -0.2) is 23.7 Å². The number of para-hydroxylation sites is 5. The molecule has 8 heteroatoms. The van der Waals surface area contributed by atoms with Crippen LogP contribution >= 0.6 is 0 Å². The summed E-state index contributed by atoms with van der Waals surface area (Å²) in [7, 11) is 0. The van der Waals surface area contributed by atoms with Crippen LogP contribution in [0.4, 0.5) is 0 Å². The smallest absolute Gasteiger partial charge is 0.268 e. The molecular weight excluding hydrogens is 836 g/mol. The van der Waals surface area contributed by atoms with Crippen LogP contribution in [0.15, 0.2) is 133 Å². The summed E-state index contributed by atoms with van der Waals surface area (Å²) >= 11 is 0. The number of ether oxygens (including phenoxy) is 1. The normalized spacial score (nSPS) is 14.2. The van der Waals surface area contributed by atoms with Gasteiger partial charge in [0.15, 0.2) is 0 Å². The molecule has 0 saturated carbocycles. The van der Waals surface area contributed by atoms with Crippen LogP contribution in [0.5, 0.6) is 11.5 Å². The summed E-state index contributed by atoms with van der Waals surface area (Å²) in [6.07, 6.45) is 3.63. The van der Waals surface area contributed by atoms with E-state index in [9.17, 15) is 0 Å². The second kappa shape index (κ2) is 12.1. The van der Waals surface area contributed by atoms with Crippen molar-refractivity contribution in [3.8, 4) is 39.9 Å². The van der Waals surface area contributed by atoms with Crippen molar-refractivity contribution in [1.29, 1.82) is 0 Å². The Morgan fingerprint density at radius 2 is 1.36 bits per heavy atom. The number of rotatable bonds is 5. The molecule has 0 bridgehead atoms. The molecule has 0 spiro atoms. The van der Waals surface area contributed by atoms with E-state index in [1.807, 2.05) is 53.1 Å². The molecule has 0 radical (unpaired) electrons. The van der Waals surface area contributed by atoms with Crippen LogP contribution in [0.25, 0.3) is 61.6 Å². The van der Waals surface area contributed by atoms with Gasteiger partial charge in [0.25, 0.3) is 6.33 Å². The third kappa shape index (κ3) is 4.94. The average molecular weight is 870 g/mol. The monoisotopic (exact) mass is 869 g/mol. The van der Waals surface area contributed by atoms with Gasteiger partial charge in [-0.3, -0.25) is 14.1 Å². The fourth-order valence-corrected chi connectivity index (χ4v) is 7.62. The topological polar surface area (TPSA) is 53.7 Å². The van der Waals surface area contributed by atoms with E-state index in [0.717, 1.165) is 67.4 Å². The van der Waals surface area contributed by atoms with Crippen molar-refractivity contribution in [1.82, 2.24) is 23.7 Å². The first-order chi connectivity index (χ1) is 25.3. The maximum absolute atomic E-state index is 6.52. The van der Waals surface area contributed by atoms with Gasteiger partial charge in [-0.1, -0.05) is 98.8 Å². The molecule has 7 nitrogen and oxygen atoms in total. The Balaban J connectivity index is 0.00000372. The molecule has 9 aromatic rings. The first-order valence-electron chi connectivity index (χ1n) is 17.5. The minimum absolute atomic E-state index is 0. The Morgan fingerprint density at radius 3 is 2.21 bits per heavy atom. The molecule has 0 saturated heterocycles. The van der Waals surface area contributed by atoms with Crippen LogP contribution < -0.4 is 9.30 Å². The van der Waals surface area contributed by atoms with Crippen molar-refractivity contribution in [2.75, 3.05) is 0 Å². The SMILES string of the molecule is CC1(C)c2nc3ccc(Oc4[c-]c(-n5[c-][n+](-c6ccccc6-c6ccccc6)c6ccccc65)ccc4)[c-]c3n2-c2nc3ccccc3n2C1(C)C.[Pt]. The van der Waals surface area contributed by atoms with Crippen LogP contribution in [0.1, 0.15) is 33.5 Å². The molecular formula is C45H34N6OPt-2. The van der Waals surface area contributed by atoms with Crippen molar-refractivity contribution in [2.45, 2.75) is 38.6 Å². The van der Waals surface area contributed by atoms with Crippen molar-refractivity contribution in [3.63, 3.8) is 0 Å². The Kier molecular flexibility index (Phi) is 7.58. The molecule has 0 aliphatic carbocycles. The molecule has 4 heterocycles. The van der Waals surface area contributed by atoms with Gasteiger partial charge in [-0.2, -0.15) is 12.1 Å². The van der Waals surface area contributed by atoms with E-state index in [1.54, 1.807) is 0 Å². The molecule has 10 rings (SSSR count). The summed E-state index contributed by atoms with van der Waals surface area (Å²) < 4.78 is 15.2. The number of imidazole rings is 3. The number of hydrogen-bond donors (Lipinski definition) is 0. The zero-order valence-electron chi connectivity index (χ0n) is 29.6. The van der Waals surface area contributed by atoms with Crippen molar-refractivity contribution in [3.05, 3.63) is 158 Å². The Morgan fingerprint density at radius 1 is 0.642 bits per heavy atom. The third-order valence-electron chi connectivity index (χ3n) is 10.9. The van der Waals surface area contributed by atoms with Gasteiger partial charge in [-0.05, 0) is 59.9 Å². The molecule has 0 fully saturated rings. The molecule has 0 amide bonds. The molecule has 1 aliphatic rings. The second-order valence-corrected chi connectivity index (χ2v) is 14.4. The van der Waals surface area contributed by atoms with Gasteiger partial charge in [-0.15, -0.1) is 30.3 Å². The second-order valence-electron chi connectivity index (χ2n) is 14.4. The summed E-state index contributed by atoms with van der Waals surface area (Å²) in [5, 5.41) is 0. The molecule has 1 aliphatic heterocycles. The van der Waals surface area contributed by atoms with E-state index in [4.69, 9.17) is 14.7 Å². The van der Waals surface area contributed by atoms with Crippen molar-refractivity contribution < 1.29 is 30.4 Å². The maximum atomic E-state index is 6.52. The summed E-state index contributed by atoms with van der Waals surface area (Å²) in [4.78, 5) is 10.3. The summed E-state index contributed by atoms with van der Waals surface area (Å²) in [6, 6.07) is 52.5. The first kappa shape index (κ1) is 33.1. The quantitative estimate of drug-likeness (QED) is 0.128. The molecule has 0 atom stereocenters. The van der Waals surface area contributed by atoms with Crippen LogP contribution in [0.3, 0.4) is 0 Å². The number of aromatic nitrogens is 6. The van der Waals surface area contributed by atoms with E-state index in [0.29, 0.717) is 11.5 Å². The fraction of sp³-hybridized carbons (Fsp3) is 0.133. The van der Waals surface area contributed by atoms with E-state index in [-0.39, 0.29) is 32.0 Å². The Hall–Kier alpha value is -5.78. The molecule has 6 aromatic carbocycles. The predicted octanol–water partition coefficient (Wildman–Crippen LogP) is 9.48. The van der Waals surface area contributed by atoms with E-state index >= 15 is 0 Å². The van der Waals surface area contributed by atoms with Gasteiger partial charge >= 0.3 is 0 Å². The molecule has 0 N–H and O–H groups in total. The average Bonchev–Trinajstić information content (AvgIpc) is 3.87. The molecule has 3 aromatic heterocycles. The third-order valence-corrected chi connectivity index (χ3v) is 10.9. The van der Waals surface area contributed by atoms with Gasteiger partial charge in [0.1, 0.15) is 5.82 Å². The van der Waals surface area contributed by atoms with Crippen LogP contribution in [0, 0.1) is 18.5 Å². The number of fused-ring (bicyclic) bond motifs is 8. The Bertz CT molecular complexity index is 2840. The van der Waals surface area contributed by atoms with Gasteiger partial charge in [0.2, 0.25) is 5.95 Å². The van der Waals surface area contributed by atoms with E-state index in [1.165, 1.54) is 0 Å². The zero-order valence-corrected chi connectivity index (χ0v) is 31.9. The largest absolute Gasteiger partial charge is 0.510 e. The van der Waals surface area contributed by atoms with Gasteiger partial charge in [0, 0.05) is 38.0 Å². The summed E-state index contributed by atoms with van der Waals surface area (Å²) in [5.41, 5.74) is 9.30. The van der Waals surface area contributed by atoms with E-state index < -0.39 is 0 Å². The van der Waals surface area contributed by atoms with Crippen LogP contribution in [-0.2, 0) is 32.0 Å². The predicted molar refractivity (Wildman–Crippen MR) is 204 cm³/mol. The van der Waals surface area contributed by atoms with Crippen LogP contribution in [0.2, 0.25) is 0 Å². The minimum Gasteiger partial charge on any atom is -0.510 e. The van der Waals surface area contributed by atoms with Gasteiger partial charge in [-0.25, -0.2) is 4.98 Å². The zero-order chi connectivity index (χ0) is 35.2. The van der Waals surface area contributed by atoms with Crippen molar-refractivity contribution in [2.24, 2.45) is 0 Å². The molecule has 262 valence electrons. The number of hydrogen-bond acceptors (Lipinski definition) is 3. The number of benzene rings is 6. The summed E-state index contributed by atoms with van der Waals surface area (Å²) in [5.74, 6) is 2.93. The number of nitrogens with zero attached hydrogens (tertiary/aromatic N) is 6. The summed E-state index contributed by atoms with van der Waals surface area (Å²) in [6.45, 7) is 9.05. The molecule has 0 unspecified atom stereocenters. The van der Waals surface area contributed by atoms with Crippen molar-refractivity contribution >= 4 is 33.1 Å². The first-order valence-corrected chi connectivity index (χ1v) is 17.5. The standard InChI is InChI=1S/C45H34N6O.Pt/c1-44(2)42-46-36-26-25-33(28-41(36)50(42)43-47-35-20-9-11-22-38(35)51(43)45(44,3)4)52-32-18-14-17-31(27-32)48-29-49(40-24-13-12-23-39(40)48)37-21-10-8-19-34(37)30-15-6-5-7-16-30;/h5-26H,1-4H3;/q-2;. The molecule has 53 heavy (non-hydrogen) atoms. The maximum Gasteiger partial charge on any atom is 0.268 e. The fourth-order valence-electron chi connectivity index (χ4n) is 7.62. The van der Waals surface area contributed by atoms with Gasteiger partial charge in [0.05, 0.1) is 33.3 Å². The van der Waals surface area contributed by atoms with E-state index in [2.05, 4.69) is 145 Å². The minimum atomic E-state index is -0.312.